The molecule has 0 saturated heterocycles. The average molecular weight is 348 g/mol. The van der Waals surface area contributed by atoms with Crippen LogP contribution >= 0.6 is 0 Å². The van der Waals surface area contributed by atoms with E-state index in [1.54, 1.807) is 0 Å². The third kappa shape index (κ3) is 2.63. The van der Waals surface area contributed by atoms with Gasteiger partial charge in [0.2, 0.25) is 0 Å². The number of hydrogen-bond donors (Lipinski definition) is 1. The lowest BCUT2D eigenvalue weighted by Crippen LogP contribution is -2.54. The summed E-state index contributed by atoms with van der Waals surface area (Å²) in [6, 6.07) is 0. The summed E-state index contributed by atoms with van der Waals surface area (Å²) in [5.74, 6) is 4.49. The van der Waals surface area contributed by atoms with Crippen LogP contribution in [-0.4, -0.2) is 17.8 Å². The topological polar surface area (TPSA) is 49.7 Å². The molecule has 4 aliphatic rings. The van der Waals surface area contributed by atoms with Crippen molar-refractivity contribution in [1.29, 1.82) is 0 Å². The van der Waals surface area contributed by atoms with Crippen LogP contribution < -0.4 is 0 Å². The highest BCUT2D eigenvalue weighted by Crippen LogP contribution is 2.68. The van der Waals surface area contributed by atoms with Gasteiger partial charge in [-0.25, -0.2) is 0 Å². The Labute approximate surface area is 153 Å². The van der Waals surface area contributed by atoms with E-state index in [1.807, 2.05) is 0 Å². The number of rotatable bonds is 3. The molecule has 0 spiro atoms. The number of fused-ring (bicyclic) bond motifs is 5. The molecule has 9 atom stereocenters. The van der Waals surface area contributed by atoms with Gasteiger partial charge in [0.05, 0.1) is 12.6 Å². The zero-order valence-electron chi connectivity index (χ0n) is 16.4. The second-order valence-electron chi connectivity index (χ2n) is 10.6. The Morgan fingerprint density at radius 1 is 1.00 bits per heavy atom. The van der Waals surface area contributed by atoms with Crippen LogP contribution in [0, 0.1) is 51.2 Å². The number of aliphatic hydroxyl groups is 1. The summed E-state index contributed by atoms with van der Waals surface area (Å²) in [5.41, 5.74) is 0.903. The molecule has 4 saturated carbocycles. The van der Waals surface area contributed by atoms with E-state index in [9.17, 15) is 10.0 Å². The van der Waals surface area contributed by atoms with Gasteiger partial charge in [0.15, 0.2) is 0 Å². The molecule has 0 aromatic rings. The third-order valence-electron chi connectivity index (χ3n) is 9.76. The van der Waals surface area contributed by atoms with Gasteiger partial charge in [0, 0.05) is 0 Å². The normalized spacial score (nSPS) is 53.4. The van der Waals surface area contributed by atoms with Crippen LogP contribution in [0.5, 0.6) is 0 Å². The average Bonchev–Trinajstić information content (AvgIpc) is 2.93. The Morgan fingerprint density at radius 3 is 2.48 bits per heavy atom. The van der Waals surface area contributed by atoms with Crippen LogP contribution in [0.1, 0.15) is 78.6 Å². The highest BCUT2D eigenvalue weighted by molar-refractivity contribution is 5.09. The van der Waals surface area contributed by atoms with Gasteiger partial charge < -0.3 is 5.11 Å². The van der Waals surface area contributed by atoms with Gasteiger partial charge in [0.25, 0.3) is 0 Å². The molecule has 0 radical (unpaired) electrons. The van der Waals surface area contributed by atoms with Crippen LogP contribution in [0.3, 0.4) is 0 Å². The number of nitroso groups, excluding NO2 is 1. The maximum absolute atomic E-state index is 10.8. The molecule has 4 fully saturated rings. The summed E-state index contributed by atoms with van der Waals surface area (Å²) in [6.07, 6.45) is 11.4. The Morgan fingerprint density at radius 2 is 1.72 bits per heavy atom. The molecule has 4 aliphatic carbocycles. The van der Waals surface area contributed by atoms with Crippen molar-refractivity contribution in [2.24, 2.45) is 51.5 Å². The monoisotopic (exact) mass is 347 g/mol. The fourth-order valence-corrected chi connectivity index (χ4v) is 8.46. The predicted octanol–water partition coefficient (Wildman–Crippen LogP) is 5.41. The minimum atomic E-state index is -0.0453. The highest BCUT2D eigenvalue weighted by atomic mass is 16.3. The summed E-state index contributed by atoms with van der Waals surface area (Å²) in [6.45, 7) is 7.87. The lowest BCUT2D eigenvalue weighted by atomic mass is 9.44. The molecule has 0 aromatic heterocycles. The lowest BCUT2D eigenvalue weighted by molar-refractivity contribution is -0.128. The molecule has 0 heterocycles. The molecule has 0 bridgehead atoms. The van der Waals surface area contributed by atoms with Crippen molar-refractivity contribution in [2.75, 3.05) is 6.54 Å². The zero-order chi connectivity index (χ0) is 17.8. The smallest absolute Gasteiger partial charge is 0.0839 e. The van der Waals surface area contributed by atoms with Gasteiger partial charge in [-0.2, -0.15) is 4.91 Å². The quantitative estimate of drug-likeness (QED) is 0.694. The van der Waals surface area contributed by atoms with E-state index >= 15 is 0 Å². The maximum Gasteiger partial charge on any atom is 0.0839 e. The fourth-order valence-electron chi connectivity index (χ4n) is 8.46. The van der Waals surface area contributed by atoms with Gasteiger partial charge in [-0.05, 0) is 104 Å². The Bertz CT molecular complexity index is 522. The maximum atomic E-state index is 10.8. The van der Waals surface area contributed by atoms with Crippen molar-refractivity contribution in [3.05, 3.63) is 4.91 Å². The molecular formula is C22H37NO2. The molecule has 25 heavy (non-hydrogen) atoms. The first-order valence-electron chi connectivity index (χ1n) is 10.9. The van der Waals surface area contributed by atoms with Crippen LogP contribution in [0.15, 0.2) is 5.18 Å². The van der Waals surface area contributed by atoms with Crippen LogP contribution in [-0.2, 0) is 0 Å². The van der Waals surface area contributed by atoms with E-state index in [-0.39, 0.29) is 6.10 Å². The SMILES string of the molecule is C[C@@H](CN=O)C1CCC2C3CCC4CC(O)CC[C@]4(C)C3CCC21C. The third-order valence-corrected chi connectivity index (χ3v) is 9.76. The van der Waals surface area contributed by atoms with E-state index in [0.717, 1.165) is 36.5 Å². The Hall–Kier alpha value is -0.440. The second-order valence-corrected chi connectivity index (χ2v) is 10.6. The molecule has 0 aromatic carbocycles. The molecule has 4 rings (SSSR count). The fraction of sp³-hybridized carbons (Fsp3) is 1.00. The first kappa shape index (κ1) is 17.9. The van der Waals surface area contributed by atoms with Crippen molar-refractivity contribution in [3.8, 4) is 0 Å². The molecular weight excluding hydrogens is 310 g/mol. The van der Waals surface area contributed by atoms with E-state index < -0.39 is 0 Å². The highest BCUT2D eigenvalue weighted by Gasteiger charge is 2.60. The minimum absolute atomic E-state index is 0.0453. The van der Waals surface area contributed by atoms with Crippen molar-refractivity contribution < 1.29 is 5.11 Å². The summed E-state index contributed by atoms with van der Waals surface area (Å²) in [5, 5.41) is 13.4. The summed E-state index contributed by atoms with van der Waals surface area (Å²) in [4.78, 5) is 10.8. The van der Waals surface area contributed by atoms with Gasteiger partial charge in [0.1, 0.15) is 0 Å². The van der Waals surface area contributed by atoms with Crippen LogP contribution in [0.2, 0.25) is 0 Å². The molecule has 142 valence electrons. The Balaban J connectivity index is 1.57. The largest absolute Gasteiger partial charge is 0.393 e. The standard InChI is InChI=1S/C22H37NO2/c1-14(13-23-25)18-6-7-19-17-5-4-15-12-16(24)8-10-21(15,2)20(17)9-11-22(18,19)3/h14-20,24H,4-13H2,1-3H3/t14-,15?,16?,17?,18?,19?,20?,21-,22?/m0/s1. The minimum Gasteiger partial charge on any atom is -0.393 e. The summed E-state index contributed by atoms with van der Waals surface area (Å²) >= 11 is 0. The van der Waals surface area contributed by atoms with Crippen molar-refractivity contribution in [1.82, 2.24) is 0 Å². The molecule has 1 N–H and O–H groups in total. The van der Waals surface area contributed by atoms with E-state index in [2.05, 4.69) is 25.9 Å². The van der Waals surface area contributed by atoms with Gasteiger partial charge in [-0.1, -0.05) is 25.9 Å². The number of aliphatic hydroxyl groups excluding tert-OH is 1. The van der Waals surface area contributed by atoms with Crippen molar-refractivity contribution >= 4 is 0 Å². The van der Waals surface area contributed by atoms with Crippen molar-refractivity contribution in [2.45, 2.75) is 84.7 Å². The second kappa shape index (κ2) is 6.32. The van der Waals surface area contributed by atoms with Gasteiger partial charge >= 0.3 is 0 Å². The van der Waals surface area contributed by atoms with E-state index in [4.69, 9.17) is 0 Å². The first-order valence-corrected chi connectivity index (χ1v) is 10.9. The number of nitrogens with zero attached hydrogens (tertiary/aromatic N) is 1. The molecule has 3 nitrogen and oxygen atoms in total. The molecule has 0 amide bonds. The zero-order valence-corrected chi connectivity index (χ0v) is 16.4. The van der Waals surface area contributed by atoms with Gasteiger partial charge in [-0.15, -0.1) is 0 Å². The molecule has 3 heteroatoms. The van der Waals surface area contributed by atoms with E-state index in [0.29, 0.717) is 29.2 Å². The lowest BCUT2D eigenvalue weighted by Gasteiger charge is -2.61. The Kier molecular flexibility index (Phi) is 4.54. The molecule has 0 aliphatic heterocycles. The number of hydrogen-bond acceptors (Lipinski definition) is 3. The van der Waals surface area contributed by atoms with Gasteiger partial charge in [-0.3, -0.25) is 0 Å². The predicted molar refractivity (Wildman–Crippen MR) is 101 cm³/mol. The summed E-state index contributed by atoms with van der Waals surface area (Å²) < 4.78 is 0. The first-order chi connectivity index (χ1) is 11.9. The molecule has 7 unspecified atom stereocenters. The van der Waals surface area contributed by atoms with Crippen LogP contribution in [0.25, 0.3) is 0 Å². The van der Waals surface area contributed by atoms with Crippen LogP contribution in [0.4, 0.5) is 0 Å². The van der Waals surface area contributed by atoms with E-state index in [1.165, 1.54) is 44.9 Å². The van der Waals surface area contributed by atoms with Crippen molar-refractivity contribution in [3.63, 3.8) is 0 Å². The summed E-state index contributed by atoms with van der Waals surface area (Å²) in [7, 11) is 0.